The maximum absolute atomic E-state index is 13.5. The molecule has 1 fully saturated rings. The summed E-state index contributed by atoms with van der Waals surface area (Å²) in [7, 11) is -2.27. The van der Waals surface area contributed by atoms with Crippen LogP contribution in [0.2, 0.25) is 5.02 Å². The summed E-state index contributed by atoms with van der Waals surface area (Å²) in [6.07, 6.45) is 1.09. The van der Waals surface area contributed by atoms with E-state index in [0.717, 1.165) is 10.8 Å². The molecule has 5 rings (SSSR count). The molecule has 1 saturated heterocycles. The van der Waals surface area contributed by atoms with Crippen molar-refractivity contribution in [3.8, 4) is 17.6 Å². The van der Waals surface area contributed by atoms with E-state index in [9.17, 15) is 33.1 Å². The lowest BCUT2D eigenvalue weighted by Gasteiger charge is -2.18. The average Bonchev–Trinajstić information content (AvgIpc) is 3.40. The molecular weight excluding hydrogens is 671 g/mol. The van der Waals surface area contributed by atoms with E-state index in [0.29, 0.717) is 46.4 Å². The van der Waals surface area contributed by atoms with Crippen LogP contribution in [-0.2, 0) is 20.3 Å². The molecule has 1 aliphatic heterocycles. The molecule has 2 unspecified atom stereocenters. The summed E-state index contributed by atoms with van der Waals surface area (Å²) < 4.78 is 48.6. The van der Waals surface area contributed by atoms with Crippen LogP contribution in [0.3, 0.4) is 0 Å². The molecule has 2 heterocycles. The van der Waals surface area contributed by atoms with Crippen LogP contribution in [0.15, 0.2) is 60.8 Å². The zero-order chi connectivity index (χ0) is 33.6. The first-order chi connectivity index (χ1) is 22.5. The number of fused-ring (bicyclic) bond motifs is 1. The number of carbonyl (C=O) groups excluding carboxylic acids is 1. The lowest BCUT2D eigenvalue weighted by molar-refractivity contribution is -0.116. The minimum atomic E-state index is -3.16. The Balaban J connectivity index is 1.41. The van der Waals surface area contributed by atoms with Gasteiger partial charge in [-0.1, -0.05) is 23.7 Å². The van der Waals surface area contributed by atoms with Crippen molar-refractivity contribution in [1.82, 2.24) is 4.98 Å². The van der Waals surface area contributed by atoms with Gasteiger partial charge in [-0.15, -0.1) is 0 Å². The average molecular weight is 701 g/mol. The van der Waals surface area contributed by atoms with Crippen LogP contribution in [0, 0.1) is 17.1 Å². The van der Waals surface area contributed by atoms with Gasteiger partial charge in [-0.2, -0.15) is 5.26 Å². The largest absolute Gasteiger partial charge is 0.489 e. The van der Waals surface area contributed by atoms with Crippen molar-refractivity contribution in [2.24, 2.45) is 0 Å². The number of carbonyl (C=O) groups is 1. The van der Waals surface area contributed by atoms with E-state index in [1.165, 1.54) is 24.4 Å². The van der Waals surface area contributed by atoms with E-state index in [2.05, 4.69) is 21.7 Å². The number of nitrogens with zero attached hydrogens (tertiary/aromatic N) is 2. The first-order valence-electron chi connectivity index (χ1n) is 14.5. The highest BCUT2D eigenvalue weighted by molar-refractivity contribution is 8.72. The van der Waals surface area contributed by atoms with Gasteiger partial charge in [-0.3, -0.25) is 9.78 Å². The van der Waals surface area contributed by atoms with Gasteiger partial charge in [0.25, 0.3) is 0 Å². The maximum Gasteiger partial charge on any atom is 0.224 e. The molecule has 0 radical (unpaired) electrons. The molecule has 4 N–H and O–H groups in total. The Morgan fingerprint density at radius 3 is 2.72 bits per heavy atom. The van der Waals surface area contributed by atoms with E-state index >= 15 is 0 Å². The van der Waals surface area contributed by atoms with E-state index in [-0.39, 0.29) is 64.4 Å². The number of aliphatic hydroxyl groups is 2. The van der Waals surface area contributed by atoms with Gasteiger partial charge >= 0.3 is 0 Å². The second-order valence-corrected chi connectivity index (χ2v) is 15.6. The Morgan fingerprint density at radius 1 is 1.19 bits per heavy atom. The van der Waals surface area contributed by atoms with Crippen LogP contribution < -0.4 is 20.1 Å². The number of aromatic nitrogens is 1. The van der Waals surface area contributed by atoms with Crippen LogP contribution in [0.5, 0.6) is 11.5 Å². The fraction of sp³-hybridized carbons (Fsp3) is 0.281. The molecule has 47 heavy (non-hydrogen) atoms. The van der Waals surface area contributed by atoms with Crippen molar-refractivity contribution in [3.05, 3.63) is 82.8 Å². The molecule has 1 aliphatic rings. The van der Waals surface area contributed by atoms with Gasteiger partial charge in [0.1, 0.15) is 42.7 Å². The number of amides is 1. The van der Waals surface area contributed by atoms with E-state index in [1.807, 2.05) is 0 Å². The number of pyridine rings is 1. The normalized spacial score (nSPS) is 15.9. The van der Waals surface area contributed by atoms with Crippen molar-refractivity contribution < 1.29 is 37.3 Å². The number of hydrogen-bond acceptors (Lipinski definition) is 11. The second kappa shape index (κ2) is 15.2. The summed E-state index contributed by atoms with van der Waals surface area (Å²) in [6, 6.07) is 16.2. The lowest BCUT2D eigenvalue weighted by atomic mass is 10.1. The summed E-state index contributed by atoms with van der Waals surface area (Å²) in [5, 5.41) is 35.6. The Bertz CT molecular complexity index is 1940. The third-order valence-electron chi connectivity index (χ3n) is 7.16. The van der Waals surface area contributed by atoms with Gasteiger partial charge in [0.15, 0.2) is 0 Å². The van der Waals surface area contributed by atoms with Crippen molar-refractivity contribution >= 4 is 65.1 Å². The highest BCUT2D eigenvalue weighted by atomic mass is 35.5. The zero-order valence-corrected chi connectivity index (χ0v) is 27.2. The number of benzene rings is 3. The monoisotopic (exact) mass is 700 g/mol. The third-order valence-corrected chi connectivity index (χ3v) is 11.4. The van der Waals surface area contributed by atoms with Crippen molar-refractivity contribution in [3.63, 3.8) is 0 Å². The molecule has 1 amide bonds. The number of aliphatic hydroxyl groups excluding tert-OH is 2. The molecule has 0 aliphatic carbocycles. The van der Waals surface area contributed by atoms with Crippen LogP contribution in [0.1, 0.15) is 30.4 Å². The van der Waals surface area contributed by atoms with Crippen LogP contribution in [0.25, 0.3) is 10.9 Å². The molecular formula is C32H30ClFN4O7S2. The predicted molar refractivity (Wildman–Crippen MR) is 178 cm³/mol. The SMILES string of the molecule is N#Cc1cnc2cc(OCC(O)CO)c(NC(=O)CCC3CCS(=O)(=O)S3)cc2c1Nc1ccc(OCc2cccc(F)c2)c(Cl)c1. The van der Waals surface area contributed by atoms with Gasteiger partial charge in [0.05, 0.1) is 39.8 Å². The number of nitrogens with one attached hydrogen (secondary N) is 2. The quantitative estimate of drug-likeness (QED) is 0.130. The van der Waals surface area contributed by atoms with E-state index in [4.69, 9.17) is 21.1 Å². The van der Waals surface area contributed by atoms with Gasteiger partial charge in [0.2, 0.25) is 14.8 Å². The van der Waals surface area contributed by atoms with E-state index < -0.39 is 21.6 Å². The molecule has 3 aromatic carbocycles. The lowest BCUT2D eigenvalue weighted by Crippen LogP contribution is -2.22. The number of nitriles is 1. The van der Waals surface area contributed by atoms with Crippen LogP contribution in [0.4, 0.5) is 21.5 Å². The number of rotatable bonds is 13. The van der Waals surface area contributed by atoms with Crippen LogP contribution in [-0.4, -0.2) is 59.8 Å². The number of hydrogen-bond donors (Lipinski definition) is 4. The van der Waals surface area contributed by atoms with Crippen LogP contribution >= 0.6 is 22.4 Å². The zero-order valence-electron chi connectivity index (χ0n) is 24.8. The molecule has 0 bridgehead atoms. The summed E-state index contributed by atoms with van der Waals surface area (Å²) in [4.78, 5) is 17.4. The number of anilines is 3. The second-order valence-electron chi connectivity index (χ2n) is 10.7. The smallest absolute Gasteiger partial charge is 0.224 e. The first-order valence-corrected chi connectivity index (χ1v) is 17.9. The van der Waals surface area contributed by atoms with Crippen molar-refractivity contribution in [2.75, 3.05) is 29.6 Å². The molecule has 1 aromatic heterocycles. The molecule has 0 spiro atoms. The van der Waals surface area contributed by atoms with Gasteiger partial charge in [-0.25, -0.2) is 12.8 Å². The molecule has 246 valence electrons. The fourth-order valence-corrected chi connectivity index (χ4v) is 9.09. The standard InChI is InChI=1S/C32H30ClFN4O7S2/c33-26-11-22(4-6-29(26)44-17-19-2-1-3-21(34)10-19)37-32-20(14-35)15-36-27-13-30(45-18-23(40)16-39)28(12-25(27)32)38-31(41)7-5-24-8-9-47(42,43)46-24/h1-4,6,10-13,15,23-24,39-40H,5,7-9,16-18H2,(H,36,37)(H,38,41). The first kappa shape index (κ1) is 34.2. The third kappa shape index (κ3) is 9.03. The summed E-state index contributed by atoms with van der Waals surface area (Å²) in [5.41, 5.74) is 2.32. The fourth-order valence-electron chi connectivity index (χ4n) is 4.80. The summed E-state index contributed by atoms with van der Waals surface area (Å²) >= 11 is 6.50. The highest BCUT2D eigenvalue weighted by Gasteiger charge is 2.29. The summed E-state index contributed by atoms with van der Waals surface area (Å²) in [5.74, 6) is -0.144. The van der Waals surface area contributed by atoms with E-state index in [1.54, 1.807) is 36.4 Å². The number of halogens is 2. The van der Waals surface area contributed by atoms with Crippen molar-refractivity contribution in [2.45, 2.75) is 37.2 Å². The Labute approximate surface area is 279 Å². The van der Waals surface area contributed by atoms with Gasteiger partial charge in [0, 0.05) is 35.0 Å². The number of ether oxygens (including phenoxy) is 2. The Morgan fingerprint density at radius 2 is 2.02 bits per heavy atom. The van der Waals surface area contributed by atoms with Gasteiger partial charge < -0.3 is 30.3 Å². The Kier molecular flexibility index (Phi) is 11.1. The molecule has 2 atom stereocenters. The topological polar surface area (TPSA) is 171 Å². The van der Waals surface area contributed by atoms with Gasteiger partial charge in [-0.05, 0) is 65.6 Å². The predicted octanol–water partition coefficient (Wildman–Crippen LogP) is 5.51. The molecule has 0 saturated carbocycles. The van der Waals surface area contributed by atoms with Crippen molar-refractivity contribution in [1.29, 1.82) is 5.26 Å². The minimum absolute atomic E-state index is 0.0532. The molecule has 4 aromatic rings. The maximum atomic E-state index is 13.5. The highest BCUT2D eigenvalue weighted by Crippen LogP contribution is 2.38. The summed E-state index contributed by atoms with van der Waals surface area (Å²) in [6.45, 7) is -0.702. The molecule has 11 nitrogen and oxygen atoms in total. The minimum Gasteiger partial charge on any atom is -0.489 e. The Hall–Kier alpha value is -4.13. The molecule has 15 heteroatoms.